The molecule has 1 heterocycles. The van der Waals surface area contributed by atoms with Crippen LogP contribution in [0.4, 0.5) is 17.6 Å². The lowest BCUT2D eigenvalue weighted by Gasteiger charge is -2.35. The average molecular weight is 537 g/mol. The van der Waals surface area contributed by atoms with E-state index >= 15 is 0 Å². The zero-order valence-electron chi connectivity index (χ0n) is 18.1. The first-order valence-electron chi connectivity index (χ1n) is 10.7. The van der Waals surface area contributed by atoms with E-state index < -0.39 is 45.1 Å². The first-order chi connectivity index (χ1) is 16.1. The summed E-state index contributed by atoms with van der Waals surface area (Å²) >= 11 is 2.81. The van der Waals surface area contributed by atoms with Gasteiger partial charge in [-0.3, -0.25) is 14.2 Å². The van der Waals surface area contributed by atoms with E-state index in [0.717, 1.165) is 23.8 Å². The molecule has 1 N–H and O–H groups in total. The van der Waals surface area contributed by atoms with Gasteiger partial charge in [-0.2, -0.15) is 13.2 Å². The Bertz CT molecular complexity index is 1280. The molecule has 0 unspecified atom stereocenters. The molecule has 1 aliphatic carbocycles. The van der Waals surface area contributed by atoms with Gasteiger partial charge >= 0.3 is 6.18 Å². The van der Waals surface area contributed by atoms with Gasteiger partial charge < -0.3 is 5.32 Å². The Hall–Kier alpha value is -2.94. The molecule has 0 bridgehead atoms. The third-order valence-corrected chi connectivity index (χ3v) is 6.93. The van der Waals surface area contributed by atoms with E-state index in [1.807, 2.05) is 0 Å². The second kappa shape index (κ2) is 9.37. The zero-order chi connectivity index (χ0) is 24.6. The SMILES string of the molecule is Cc1c(C(=O)N[C@H](c2cccc(F)c2)C2CCC2)c(C(F)(F)F)c(Br)c(=O)n1-c1ccccc1. The predicted octanol–water partition coefficient (Wildman–Crippen LogP) is 6.34. The van der Waals surface area contributed by atoms with Crippen LogP contribution in [-0.2, 0) is 6.18 Å². The summed E-state index contributed by atoms with van der Waals surface area (Å²) in [5.41, 5.74) is -2.23. The normalized spacial score (nSPS) is 15.0. The molecule has 0 aliphatic heterocycles. The molecule has 1 atom stereocenters. The van der Waals surface area contributed by atoms with Crippen LogP contribution in [0.15, 0.2) is 63.9 Å². The molecule has 1 amide bonds. The number of amides is 1. The van der Waals surface area contributed by atoms with E-state index in [1.54, 1.807) is 36.4 Å². The number of nitrogens with one attached hydrogen (secondary N) is 1. The summed E-state index contributed by atoms with van der Waals surface area (Å²) in [5, 5.41) is 2.72. The second-order valence-corrected chi connectivity index (χ2v) is 9.11. The maximum Gasteiger partial charge on any atom is 0.418 e. The van der Waals surface area contributed by atoms with Crippen molar-refractivity contribution in [2.75, 3.05) is 0 Å². The molecule has 1 fully saturated rings. The number of benzene rings is 2. The standard InChI is InChI=1S/C25H21BrF4N2O2/c1-14-19(23(33)31-22(15-7-5-8-15)16-9-6-10-17(27)13-16)20(25(28,29)30)21(26)24(34)32(14)18-11-3-2-4-12-18/h2-4,6,9-13,15,22H,5,7-8H2,1H3,(H,31,33)/t22-/m0/s1. The Morgan fingerprint density at radius 2 is 1.79 bits per heavy atom. The van der Waals surface area contributed by atoms with Crippen LogP contribution in [0.25, 0.3) is 5.69 Å². The Kier molecular flexibility index (Phi) is 6.66. The summed E-state index contributed by atoms with van der Waals surface area (Å²) in [6.07, 6.45) is -2.51. The minimum atomic E-state index is -4.96. The zero-order valence-corrected chi connectivity index (χ0v) is 19.7. The van der Waals surface area contributed by atoms with Crippen molar-refractivity contribution in [3.63, 3.8) is 0 Å². The van der Waals surface area contributed by atoms with Gasteiger partial charge in [0.05, 0.1) is 21.6 Å². The number of carbonyl (C=O) groups is 1. The molecular weight excluding hydrogens is 516 g/mol. The molecule has 0 radical (unpaired) electrons. The monoisotopic (exact) mass is 536 g/mol. The number of hydrogen-bond acceptors (Lipinski definition) is 2. The molecule has 1 aromatic heterocycles. The Labute approximate surface area is 201 Å². The van der Waals surface area contributed by atoms with E-state index in [4.69, 9.17) is 0 Å². The van der Waals surface area contributed by atoms with E-state index in [0.29, 0.717) is 11.3 Å². The van der Waals surface area contributed by atoms with Crippen LogP contribution in [0.3, 0.4) is 0 Å². The molecule has 1 aliphatic rings. The topological polar surface area (TPSA) is 51.1 Å². The summed E-state index contributed by atoms with van der Waals surface area (Å²) in [6, 6.07) is 13.2. The Morgan fingerprint density at radius 1 is 1.12 bits per heavy atom. The fourth-order valence-corrected chi connectivity index (χ4v) is 4.95. The minimum Gasteiger partial charge on any atom is -0.345 e. The number of rotatable bonds is 5. The van der Waals surface area contributed by atoms with Crippen LogP contribution in [0.1, 0.15) is 52.5 Å². The number of carbonyl (C=O) groups excluding carboxylic acids is 1. The van der Waals surface area contributed by atoms with Crippen molar-refractivity contribution in [1.29, 1.82) is 0 Å². The van der Waals surface area contributed by atoms with Gasteiger partial charge in [-0.15, -0.1) is 0 Å². The van der Waals surface area contributed by atoms with Gasteiger partial charge in [0.2, 0.25) is 0 Å². The number of para-hydroxylation sites is 1. The van der Waals surface area contributed by atoms with Crippen molar-refractivity contribution in [1.82, 2.24) is 9.88 Å². The largest absolute Gasteiger partial charge is 0.418 e. The minimum absolute atomic E-state index is 0.0242. The maximum absolute atomic E-state index is 14.1. The first kappa shape index (κ1) is 24.2. The van der Waals surface area contributed by atoms with Gasteiger partial charge in [0.1, 0.15) is 5.82 Å². The van der Waals surface area contributed by atoms with Gasteiger partial charge in [0.15, 0.2) is 0 Å². The summed E-state index contributed by atoms with van der Waals surface area (Å²) < 4.78 is 56.5. The quantitative estimate of drug-likeness (QED) is 0.387. The summed E-state index contributed by atoms with van der Waals surface area (Å²) in [4.78, 5) is 26.4. The van der Waals surface area contributed by atoms with E-state index in [1.165, 1.54) is 25.1 Å². The fraction of sp³-hybridized carbons (Fsp3) is 0.280. The van der Waals surface area contributed by atoms with E-state index in [2.05, 4.69) is 21.2 Å². The molecule has 9 heteroatoms. The Morgan fingerprint density at radius 3 is 2.35 bits per heavy atom. The van der Waals surface area contributed by atoms with Crippen molar-refractivity contribution in [2.45, 2.75) is 38.4 Å². The highest BCUT2D eigenvalue weighted by molar-refractivity contribution is 9.10. The molecule has 2 aromatic carbocycles. The highest BCUT2D eigenvalue weighted by Crippen LogP contribution is 2.40. The lowest BCUT2D eigenvalue weighted by Crippen LogP contribution is -2.39. The lowest BCUT2D eigenvalue weighted by molar-refractivity contribution is -0.138. The van der Waals surface area contributed by atoms with Gasteiger partial charge in [-0.05, 0) is 71.4 Å². The molecule has 0 spiro atoms. The third-order valence-electron chi connectivity index (χ3n) is 6.20. The van der Waals surface area contributed by atoms with Crippen molar-refractivity contribution in [3.05, 3.63) is 97.6 Å². The van der Waals surface area contributed by atoms with Crippen LogP contribution in [-0.4, -0.2) is 10.5 Å². The number of pyridine rings is 1. The van der Waals surface area contributed by atoms with Gasteiger partial charge in [-0.25, -0.2) is 4.39 Å². The third kappa shape index (κ3) is 4.53. The van der Waals surface area contributed by atoms with Gasteiger partial charge in [-0.1, -0.05) is 36.8 Å². The fourth-order valence-electron chi connectivity index (χ4n) is 4.35. The van der Waals surface area contributed by atoms with Crippen molar-refractivity contribution >= 4 is 21.8 Å². The Balaban J connectivity index is 1.87. The second-order valence-electron chi connectivity index (χ2n) is 8.32. The number of alkyl halides is 3. The number of hydrogen-bond donors (Lipinski definition) is 1. The highest BCUT2D eigenvalue weighted by atomic mass is 79.9. The van der Waals surface area contributed by atoms with Crippen LogP contribution in [0.5, 0.6) is 0 Å². The summed E-state index contributed by atoms with van der Waals surface area (Å²) in [7, 11) is 0. The molecule has 1 saturated carbocycles. The van der Waals surface area contributed by atoms with E-state index in [9.17, 15) is 27.2 Å². The van der Waals surface area contributed by atoms with Gasteiger partial charge in [0.25, 0.3) is 11.5 Å². The van der Waals surface area contributed by atoms with E-state index in [-0.39, 0.29) is 11.6 Å². The molecule has 34 heavy (non-hydrogen) atoms. The van der Waals surface area contributed by atoms with Crippen LogP contribution < -0.4 is 10.9 Å². The highest BCUT2D eigenvalue weighted by Gasteiger charge is 2.42. The molecule has 4 nitrogen and oxygen atoms in total. The van der Waals surface area contributed by atoms with Crippen molar-refractivity contribution in [3.8, 4) is 5.69 Å². The predicted molar refractivity (Wildman–Crippen MR) is 123 cm³/mol. The molecule has 178 valence electrons. The molecule has 4 rings (SSSR count). The van der Waals surface area contributed by atoms with Crippen LogP contribution >= 0.6 is 15.9 Å². The number of nitrogens with zero attached hydrogens (tertiary/aromatic N) is 1. The molecule has 3 aromatic rings. The average Bonchev–Trinajstić information content (AvgIpc) is 2.74. The number of halogens is 5. The first-order valence-corrected chi connectivity index (χ1v) is 11.5. The van der Waals surface area contributed by atoms with Crippen LogP contribution in [0, 0.1) is 18.7 Å². The van der Waals surface area contributed by atoms with Gasteiger partial charge in [0, 0.05) is 11.4 Å². The smallest absolute Gasteiger partial charge is 0.345 e. The van der Waals surface area contributed by atoms with Crippen molar-refractivity contribution in [2.24, 2.45) is 5.92 Å². The van der Waals surface area contributed by atoms with Crippen molar-refractivity contribution < 1.29 is 22.4 Å². The summed E-state index contributed by atoms with van der Waals surface area (Å²) in [6.45, 7) is 1.31. The van der Waals surface area contributed by atoms with Crippen LogP contribution in [0.2, 0.25) is 0 Å². The number of aromatic nitrogens is 1. The molecular formula is C25H21BrF4N2O2. The lowest BCUT2D eigenvalue weighted by atomic mass is 9.77. The molecule has 0 saturated heterocycles. The summed E-state index contributed by atoms with van der Waals surface area (Å²) in [5.74, 6) is -1.50. The maximum atomic E-state index is 14.1.